The fraction of sp³-hybridized carbons (Fsp3) is 0.259. The Kier molecular flexibility index (Phi) is 3.65. The van der Waals surface area contributed by atoms with E-state index >= 15 is 0 Å². The Labute approximate surface area is 190 Å². The van der Waals surface area contributed by atoms with Crippen molar-refractivity contribution in [3.63, 3.8) is 0 Å². The standard InChI is InChI=1S/C27H22BrNO2/c1-15-12-13-16(14-21(15)28)29-24(30)22-23(25(29)31)27(3)19-10-6-4-8-17(19)26(22,2)18-9-5-7-11-20(18)27/h4-14,22-23H,1-3H3/t22-,23-,26?,27?/m1/s1. The minimum absolute atomic E-state index is 0.0940. The van der Waals surface area contributed by atoms with Gasteiger partial charge >= 0.3 is 0 Å². The molecule has 1 saturated heterocycles. The lowest BCUT2D eigenvalue weighted by atomic mass is 9.42. The number of aryl methyl sites for hydroxylation is 1. The molecule has 2 bridgehead atoms. The molecule has 0 aromatic heterocycles. The van der Waals surface area contributed by atoms with Gasteiger partial charge in [-0.05, 0) is 46.9 Å². The van der Waals surface area contributed by atoms with Gasteiger partial charge in [0, 0.05) is 15.3 Å². The molecule has 2 atom stereocenters. The van der Waals surface area contributed by atoms with E-state index in [1.54, 1.807) is 0 Å². The third-order valence-electron chi connectivity index (χ3n) is 8.06. The molecule has 0 radical (unpaired) electrons. The van der Waals surface area contributed by atoms with Gasteiger partial charge in [-0.2, -0.15) is 0 Å². The number of hydrogen-bond donors (Lipinski definition) is 0. The molecule has 2 amide bonds. The monoisotopic (exact) mass is 471 g/mol. The molecule has 7 rings (SSSR count). The molecule has 3 aromatic carbocycles. The first-order valence-electron chi connectivity index (χ1n) is 10.6. The van der Waals surface area contributed by atoms with E-state index in [9.17, 15) is 9.59 Å². The molecular formula is C27H22BrNO2. The van der Waals surface area contributed by atoms with E-state index in [2.05, 4.69) is 54.0 Å². The lowest BCUT2D eigenvalue weighted by Crippen LogP contribution is -2.59. The van der Waals surface area contributed by atoms with Crippen molar-refractivity contribution < 1.29 is 9.59 Å². The molecule has 0 spiro atoms. The molecule has 1 heterocycles. The van der Waals surface area contributed by atoms with Crippen LogP contribution >= 0.6 is 15.9 Å². The van der Waals surface area contributed by atoms with Crippen LogP contribution in [0.1, 0.15) is 41.7 Å². The van der Waals surface area contributed by atoms with Crippen LogP contribution in [0.3, 0.4) is 0 Å². The molecule has 0 saturated carbocycles. The lowest BCUT2D eigenvalue weighted by Gasteiger charge is -2.57. The Morgan fingerprint density at radius 1 is 0.742 bits per heavy atom. The number of carbonyl (C=O) groups excluding carboxylic acids is 2. The van der Waals surface area contributed by atoms with Crippen molar-refractivity contribution in [1.82, 2.24) is 0 Å². The van der Waals surface area contributed by atoms with Gasteiger partial charge in [-0.1, -0.05) is 84.4 Å². The Hall–Kier alpha value is -2.72. The number of carbonyl (C=O) groups is 2. The van der Waals surface area contributed by atoms with E-state index < -0.39 is 22.7 Å². The number of rotatable bonds is 1. The van der Waals surface area contributed by atoms with E-state index in [1.807, 2.05) is 49.4 Å². The van der Waals surface area contributed by atoms with Crippen LogP contribution < -0.4 is 4.90 Å². The molecule has 31 heavy (non-hydrogen) atoms. The summed E-state index contributed by atoms with van der Waals surface area (Å²) in [6.07, 6.45) is 0. The second-order valence-corrected chi connectivity index (χ2v) is 10.3. The van der Waals surface area contributed by atoms with Crippen LogP contribution in [0.2, 0.25) is 0 Å². The van der Waals surface area contributed by atoms with E-state index in [4.69, 9.17) is 0 Å². The predicted molar refractivity (Wildman–Crippen MR) is 124 cm³/mol. The summed E-state index contributed by atoms with van der Waals surface area (Å²) in [6, 6.07) is 22.4. The zero-order valence-corrected chi connectivity index (χ0v) is 19.2. The van der Waals surface area contributed by atoms with Crippen LogP contribution in [-0.4, -0.2) is 11.8 Å². The summed E-state index contributed by atoms with van der Waals surface area (Å²) in [4.78, 5) is 29.4. The molecule has 4 heteroatoms. The van der Waals surface area contributed by atoms with Crippen LogP contribution in [0, 0.1) is 18.8 Å². The summed E-state index contributed by atoms with van der Waals surface area (Å²) >= 11 is 3.56. The zero-order valence-electron chi connectivity index (χ0n) is 17.6. The maximum Gasteiger partial charge on any atom is 0.238 e. The maximum absolute atomic E-state index is 14.0. The third kappa shape index (κ3) is 2.05. The average molecular weight is 472 g/mol. The Morgan fingerprint density at radius 2 is 1.16 bits per heavy atom. The molecule has 3 nitrogen and oxygen atoms in total. The third-order valence-corrected chi connectivity index (χ3v) is 8.91. The summed E-state index contributed by atoms with van der Waals surface area (Å²) < 4.78 is 0.896. The largest absolute Gasteiger partial charge is 0.274 e. The second-order valence-electron chi connectivity index (χ2n) is 9.40. The highest BCUT2D eigenvalue weighted by molar-refractivity contribution is 9.10. The molecule has 3 aliphatic carbocycles. The van der Waals surface area contributed by atoms with E-state index in [0.29, 0.717) is 5.69 Å². The highest BCUT2D eigenvalue weighted by Crippen LogP contribution is 2.66. The van der Waals surface area contributed by atoms with Crippen LogP contribution in [0.5, 0.6) is 0 Å². The highest BCUT2D eigenvalue weighted by Gasteiger charge is 2.70. The maximum atomic E-state index is 14.0. The van der Waals surface area contributed by atoms with Crippen LogP contribution in [0.25, 0.3) is 0 Å². The van der Waals surface area contributed by atoms with Crippen molar-refractivity contribution in [2.24, 2.45) is 11.8 Å². The fourth-order valence-corrected chi connectivity index (χ4v) is 6.91. The van der Waals surface area contributed by atoms with Crippen molar-refractivity contribution in [3.05, 3.63) is 99.0 Å². The summed E-state index contributed by atoms with van der Waals surface area (Å²) in [5.41, 5.74) is 5.31. The molecule has 0 N–H and O–H groups in total. The summed E-state index contributed by atoms with van der Waals surface area (Å²) in [5, 5.41) is 0. The smallest absolute Gasteiger partial charge is 0.238 e. The topological polar surface area (TPSA) is 37.4 Å². The van der Waals surface area contributed by atoms with Gasteiger partial charge in [0.1, 0.15) is 0 Å². The number of halogens is 1. The van der Waals surface area contributed by atoms with Gasteiger partial charge in [0.2, 0.25) is 11.8 Å². The highest BCUT2D eigenvalue weighted by atomic mass is 79.9. The van der Waals surface area contributed by atoms with Crippen LogP contribution in [0.15, 0.2) is 71.2 Å². The van der Waals surface area contributed by atoms with Gasteiger partial charge < -0.3 is 0 Å². The average Bonchev–Trinajstić information content (AvgIpc) is 3.05. The van der Waals surface area contributed by atoms with E-state index in [-0.39, 0.29) is 11.8 Å². The van der Waals surface area contributed by atoms with Gasteiger partial charge in [-0.25, -0.2) is 4.90 Å². The molecule has 4 aliphatic rings. The second kappa shape index (κ2) is 5.95. The SMILES string of the molecule is Cc1ccc(N2C(=O)[C@H]3[C@H](C2=O)C2(C)c4ccccc4C3(C)c3ccccc32)cc1Br. The number of nitrogens with zero attached hydrogens (tertiary/aromatic N) is 1. The quantitative estimate of drug-likeness (QED) is 0.439. The number of amides is 2. The molecule has 0 unspecified atom stereocenters. The first-order chi connectivity index (χ1) is 14.8. The number of imide groups is 1. The van der Waals surface area contributed by atoms with Crippen molar-refractivity contribution in [2.45, 2.75) is 31.6 Å². The summed E-state index contributed by atoms with van der Waals surface area (Å²) in [6.45, 7) is 6.30. The predicted octanol–water partition coefficient (Wildman–Crippen LogP) is 5.50. The minimum Gasteiger partial charge on any atom is -0.274 e. The van der Waals surface area contributed by atoms with E-state index in [0.717, 1.165) is 10.0 Å². The van der Waals surface area contributed by atoms with Crippen molar-refractivity contribution in [2.75, 3.05) is 4.90 Å². The Morgan fingerprint density at radius 3 is 1.55 bits per heavy atom. The van der Waals surface area contributed by atoms with Crippen molar-refractivity contribution in [3.8, 4) is 0 Å². The van der Waals surface area contributed by atoms with E-state index in [1.165, 1.54) is 27.2 Å². The van der Waals surface area contributed by atoms with Crippen LogP contribution in [-0.2, 0) is 20.4 Å². The number of hydrogen-bond acceptors (Lipinski definition) is 2. The molecular weight excluding hydrogens is 450 g/mol. The first kappa shape index (κ1) is 19.0. The molecule has 1 aliphatic heterocycles. The van der Waals surface area contributed by atoms with Crippen LogP contribution in [0.4, 0.5) is 5.69 Å². The van der Waals surface area contributed by atoms with Gasteiger partial charge in [0.25, 0.3) is 0 Å². The zero-order chi connectivity index (χ0) is 21.7. The summed E-state index contributed by atoms with van der Waals surface area (Å²) in [7, 11) is 0. The van der Waals surface area contributed by atoms with Crippen molar-refractivity contribution >= 4 is 33.4 Å². The Bertz CT molecular complexity index is 1190. The van der Waals surface area contributed by atoms with Gasteiger partial charge in [0.05, 0.1) is 17.5 Å². The minimum atomic E-state index is -0.543. The first-order valence-corrected chi connectivity index (χ1v) is 11.4. The van der Waals surface area contributed by atoms with Crippen molar-refractivity contribution in [1.29, 1.82) is 0 Å². The number of benzene rings is 3. The molecule has 154 valence electrons. The normalized spacial score (nSPS) is 30.3. The van der Waals surface area contributed by atoms with Gasteiger partial charge in [-0.15, -0.1) is 0 Å². The summed E-state index contributed by atoms with van der Waals surface area (Å²) in [5.74, 6) is -1.03. The lowest BCUT2D eigenvalue weighted by molar-refractivity contribution is -0.124. The molecule has 3 aromatic rings. The number of anilines is 1. The van der Waals surface area contributed by atoms with Gasteiger partial charge in [-0.3, -0.25) is 9.59 Å². The molecule has 1 fully saturated rings. The Balaban J connectivity index is 1.65. The fourth-order valence-electron chi connectivity index (χ4n) is 6.55. The van der Waals surface area contributed by atoms with Gasteiger partial charge in [0.15, 0.2) is 0 Å².